The van der Waals surface area contributed by atoms with Crippen LogP contribution >= 0.6 is 23.2 Å². The van der Waals surface area contributed by atoms with Crippen LogP contribution < -0.4 is 16.4 Å². The Bertz CT molecular complexity index is 759. The molecule has 0 unspecified atom stereocenters. The van der Waals surface area contributed by atoms with Gasteiger partial charge in [-0.15, -0.1) is 0 Å². The van der Waals surface area contributed by atoms with Crippen LogP contribution in [0.5, 0.6) is 0 Å². The minimum atomic E-state index is -0.406. The van der Waals surface area contributed by atoms with Gasteiger partial charge in [0, 0.05) is 24.2 Å². The highest BCUT2D eigenvalue weighted by Gasteiger charge is 2.09. The van der Waals surface area contributed by atoms with Gasteiger partial charge in [-0.3, -0.25) is 9.59 Å². The third-order valence-electron chi connectivity index (χ3n) is 3.34. The van der Waals surface area contributed by atoms with E-state index in [-0.39, 0.29) is 34.0 Å². The molecule has 2 rings (SSSR count). The third kappa shape index (κ3) is 5.62. The van der Waals surface area contributed by atoms with Crippen molar-refractivity contribution in [2.24, 2.45) is 0 Å². The molecule has 0 bridgehead atoms. The first-order valence-electron chi connectivity index (χ1n) is 7.45. The number of halogens is 3. The normalized spacial score (nSPS) is 10.4. The fraction of sp³-hybridized carbons (Fsp3) is 0.176. The molecule has 0 aliphatic carbocycles. The van der Waals surface area contributed by atoms with Crippen LogP contribution in [0.3, 0.4) is 0 Å². The van der Waals surface area contributed by atoms with Crippen LogP contribution in [0.2, 0.25) is 10.0 Å². The molecule has 0 aromatic heterocycles. The maximum absolute atomic E-state index is 12.8. The molecule has 25 heavy (non-hydrogen) atoms. The van der Waals surface area contributed by atoms with Crippen LogP contribution in [0.4, 0.5) is 15.8 Å². The molecule has 0 atom stereocenters. The van der Waals surface area contributed by atoms with E-state index in [2.05, 4.69) is 10.6 Å². The summed E-state index contributed by atoms with van der Waals surface area (Å²) in [5.41, 5.74) is 6.69. The molecule has 5 nitrogen and oxygen atoms in total. The second-order valence-corrected chi connectivity index (χ2v) is 6.08. The molecule has 0 saturated carbocycles. The molecule has 0 heterocycles. The first kappa shape index (κ1) is 19.0. The van der Waals surface area contributed by atoms with E-state index in [1.54, 1.807) is 0 Å². The highest BCUT2D eigenvalue weighted by molar-refractivity contribution is 6.39. The fourth-order valence-corrected chi connectivity index (χ4v) is 2.52. The number of hydrogen-bond donors (Lipinski definition) is 3. The van der Waals surface area contributed by atoms with E-state index < -0.39 is 5.82 Å². The summed E-state index contributed by atoms with van der Waals surface area (Å²) in [5.74, 6) is -0.971. The third-order valence-corrected chi connectivity index (χ3v) is 3.96. The number of carbonyl (C=O) groups is 2. The number of amides is 2. The van der Waals surface area contributed by atoms with Crippen molar-refractivity contribution in [1.82, 2.24) is 5.32 Å². The molecule has 2 aromatic rings. The Labute approximate surface area is 154 Å². The second kappa shape index (κ2) is 8.69. The summed E-state index contributed by atoms with van der Waals surface area (Å²) in [5, 5.41) is 5.84. The molecule has 0 fully saturated rings. The van der Waals surface area contributed by atoms with Crippen LogP contribution in [0.25, 0.3) is 0 Å². The molecular formula is C17H16Cl2FN3O2. The fourth-order valence-electron chi connectivity index (χ4n) is 2.03. The SMILES string of the molecule is Nc1c(Cl)cc(NC(=O)CCCNC(=O)c2ccc(F)cc2)cc1Cl. The number of nitrogen functional groups attached to an aromatic ring is 1. The molecule has 2 amide bonds. The van der Waals surface area contributed by atoms with Gasteiger partial charge in [-0.05, 0) is 42.8 Å². The van der Waals surface area contributed by atoms with Gasteiger partial charge in [-0.1, -0.05) is 23.2 Å². The van der Waals surface area contributed by atoms with Gasteiger partial charge in [0.15, 0.2) is 0 Å². The molecule has 0 spiro atoms. The minimum Gasteiger partial charge on any atom is -0.396 e. The summed E-state index contributed by atoms with van der Waals surface area (Å²) < 4.78 is 12.8. The maximum atomic E-state index is 12.8. The molecule has 132 valence electrons. The maximum Gasteiger partial charge on any atom is 0.251 e. The zero-order valence-electron chi connectivity index (χ0n) is 13.1. The van der Waals surface area contributed by atoms with Crippen LogP contribution in [0.15, 0.2) is 36.4 Å². The van der Waals surface area contributed by atoms with Gasteiger partial charge in [-0.25, -0.2) is 4.39 Å². The largest absolute Gasteiger partial charge is 0.396 e. The van der Waals surface area contributed by atoms with Crippen molar-refractivity contribution in [3.63, 3.8) is 0 Å². The average molecular weight is 384 g/mol. The Morgan fingerprint density at radius 3 is 2.28 bits per heavy atom. The number of nitrogens with one attached hydrogen (secondary N) is 2. The van der Waals surface area contributed by atoms with E-state index in [1.807, 2.05) is 0 Å². The summed E-state index contributed by atoms with van der Waals surface area (Å²) in [6.07, 6.45) is 0.637. The Kier molecular flexibility index (Phi) is 6.61. The number of rotatable bonds is 6. The zero-order chi connectivity index (χ0) is 18.4. The van der Waals surface area contributed by atoms with E-state index in [9.17, 15) is 14.0 Å². The van der Waals surface area contributed by atoms with Crippen molar-refractivity contribution in [3.05, 3.63) is 57.8 Å². The molecular weight excluding hydrogens is 368 g/mol. The smallest absolute Gasteiger partial charge is 0.251 e. The lowest BCUT2D eigenvalue weighted by Crippen LogP contribution is -2.25. The van der Waals surface area contributed by atoms with Gasteiger partial charge in [0.2, 0.25) is 5.91 Å². The van der Waals surface area contributed by atoms with Gasteiger partial charge in [0.25, 0.3) is 5.91 Å². The summed E-state index contributed by atoms with van der Waals surface area (Å²) in [6.45, 7) is 0.312. The first-order chi connectivity index (χ1) is 11.9. The lowest BCUT2D eigenvalue weighted by molar-refractivity contribution is -0.116. The van der Waals surface area contributed by atoms with Gasteiger partial charge in [-0.2, -0.15) is 0 Å². The average Bonchev–Trinajstić information content (AvgIpc) is 2.57. The van der Waals surface area contributed by atoms with E-state index in [4.69, 9.17) is 28.9 Å². The van der Waals surface area contributed by atoms with Gasteiger partial charge >= 0.3 is 0 Å². The van der Waals surface area contributed by atoms with Crippen molar-refractivity contribution in [2.75, 3.05) is 17.6 Å². The molecule has 0 aliphatic heterocycles. The number of hydrogen-bond acceptors (Lipinski definition) is 3. The predicted molar refractivity (Wildman–Crippen MR) is 97.5 cm³/mol. The molecule has 8 heteroatoms. The summed E-state index contributed by atoms with van der Waals surface area (Å²) in [7, 11) is 0. The van der Waals surface area contributed by atoms with Crippen molar-refractivity contribution in [2.45, 2.75) is 12.8 Å². The molecule has 4 N–H and O–H groups in total. The van der Waals surface area contributed by atoms with Crippen molar-refractivity contribution >= 4 is 46.4 Å². The zero-order valence-corrected chi connectivity index (χ0v) is 14.6. The Hall–Kier alpha value is -2.31. The highest BCUT2D eigenvalue weighted by Crippen LogP contribution is 2.31. The standard InChI is InChI=1S/C17H16Cl2FN3O2/c18-13-8-12(9-14(19)16(13)21)23-15(24)2-1-7-22-17(25)10-3-5-11(20)6-4-10/h3-6,8-9H,1-2,7,21H2,(H,22,25)(H,23,24). The second-order valence-electron chi connectivity index (χ2n) is 5.27. The number of anilines is 2. The van der Waals surface area contributed by atoms with Crippen LogP contribution in [0, 0.1) is 5.82 Å². The summed E-state index contributed by atoms with van der Waals surface area (Å²) in [6, 6.07) is 8.24. The summed E-state index contributed by atoms with van der Waals surface area (Å²) >= 11 is 11.8. The predicted octanol–water partition coefficient (Wildman–Crippen LogP) is 3.86. The van der Waals surface area contributed by atoms with Gasteiger partial charge < -0.3 is 16.4 Å². The molecule has 0 saturated heterocycles. The lowest BCUT2D eigenvalue weighted by Gasteiger charge is -2.09. The van der Waals surface area contributed by atoms with Gasteiger partial charge in [0.1, 0.15) is 5.82 Å². The van der Waals surface area contributed by atoms with Crippen LogP contribution in [-0.4, -0.2) is 18.4 Å². The Morgan fingerprint density at radius 1 is 1.08 bits per heavy atom. The van der Waals surface area contributed by atoms with Crippen LogP contribution in [-0.2, 0) is 4.79 Å². The quantitative estimate of drug-likeness (QED) is 0.522. The molecule has 0 radical (unpaired) electrons. The Morgan fingerprint density at radius 2 is 1.68 bits per heavy atom. The van der Waals surface area contributed by atoms with E-state index in [1.165, 1.54) is 36.4 Å². The van der Waals surface area contributed by atoms with E-state index in [0.29, 0.717) is 24.2 Å². The summed E-state index contributed by atoms with van der Waals surface area (Å²) in [4.78, 5) is 23.7. The number of benzene rings is 2. The number of carbonyl (C=O) groups excluding carboxylic acids is 2. The number of nitrogens with two attached hydrogens (primary N) is 1. The van der Waals surface area contributed by atoms with Crippen molar-refractivity contribution in [1.29, 1.82) is 0 Å². The van der Waals surface area contributed by atoms with Crippen molar-refractivity contribution in [3.8, 4) is 0 Å². The minimum absolute atomic E-state index is 0.198. The monoisotopic (exact) mass is 383 g/mol. The topological polar surface area (TPSA) is 84.2 Å². The Balaban J connectivity index is 1.75. The highest BCUT2D eigenvalue weighted by atomic mass is 35.5. The molecule has 0 aliphatic rings. The van der Waals surface area contributed by atoms with E-state index >= 15 is 0 Å². The molecule has 2 aromatic carbocycles. The lowest BCUT2D eigenvalue weighted by atomic mass is 10.2. The van der Waals surface area contributed by atoms with Crippen molar-refractivity contribution < 1.29 is 14.0 Å². The van der Waals surface area contributed by atoms with E-state index in [0.717, 1.165) is 0 Å². The van der Waals surface area contributed by atoms with Gasteiger partial charge in [0.05, 0.1) is 15.7 Å². The first-order valence-corrected chi connectivity index (χ1v) is 8.20. The van der Waals surface area contributed by atoms with Crippen LogP contribution in [0.1, 0.15) is 23.2 Å².